The number of aromatic amines is 1. The van der Waals surface area contributed by atoms with Gasteiger partial charge in [0.05, 0.1) is 16.8 Å². The number of nitriles is 1. The lowest BCUT2D eigenvalue weighted by Crippen LogP contribution is -1.98. The van der Waals surface area contributed by atoms with E-state index in [4.69, 9.17) is 0 Å². The second kappa shape index (κ2) is 7.54. The summed E-state index contributed by atoms with van der Waals surface area (Å²) >= 11 is 1.29. The molecular weight excluding hydrogens is 374 g/mol. The number of allylic oxidation sites excluding steroid dienone is 1. The number of H-pyrrole nitrogens is 1. The fourth-order valence-corrected chi connectivity index (χ4v) is 3.51. The van der Waals surface area contributed by atoms with Gasteiger partial charge in [-0.05, 0) is 24.3 Å². The number of nitrogens with zero attached hydrogens (tertiary/aromatic N) is 6. The van der Waals surface area contributed by atoms with Crippen molar-refractivity contribution in [2.24, 2.45) is 7.05 Å². The van der Waals surface area contributed by atoms with E-state index in [0.717, 1.165) is 16.6 Å². The van der Waals surface area contributed by atoms with Gasteiger partial charge in [0.1, 0.15) is 17.4 Å². The van der Waals surface area contributed by atoms with Crippen LogP contribution in [0.25, 0.3) is 28.0 Å². The molecule has 0 aliphatic carbocycles. The number of fused-ring (bicyclic) bond motifs is 1. The Hall–Kier alpha value is -3.64. The van der Waals surface area contributed by atoms with Crippen LogP contribution >= 0.6 is 11.8 Å². The molecule has 1 aromatic carbocycles. The molecule has 0 aliphatic rings. The first-order valence-corrected chi connectivity index (χ1v) is 9.36. The van der Waals surface area contributed by atoms with E-state index in [1.54, 1.807) is 12.4 Å². The number of para-hydroxylation sites is 2. The van der Waals surface area contributed by atoms with Crippen LogP contribution in [0.2, 0.25) is 0 Å². The maximum absolute atomic E-state index is 10.5. The summed E-state index contributed by atoms with van der Waals surface area (Å²) in [6.07, 6.45) is 3.38. The van der Waals surface area contributed by atoms with Crippen molar-refractivity contribution >= 4 is 28.4 Å². The molecule has 0 saturated carbocycles. The van der Waals surface area contributed by atoms with Crippen molar-refractivity contribution in [3.63, 3.8) is 0 Å². The first-order valence-electron chi connectivity index (χ1n) is 8.37. The molecule has 4 rings (SSSR count). The van der Waals surface area contributed by atoms with Crippen LogP contribution in [0.3, 0.4) is 0 Å². The topological polar surface area (TPSA) is 116 Å². The molecule has 0 spiro atoms. The monoisotopic (exact) mass is 389 g/mol. The molecule has 0 amide bonds. The van der Waals surface area contributed by atoms with Gasteiger partial charge in [0, 0.05) is 25.0 Å². The van der Waals surface area contributed by atoms with E-state index < -0.39 is 0 Å². The minimum Gasteiger partial charge on any atom is -0.510 e. The van der Waals surface area contributed by atoms with Gasteiger partial charge in [-0.2, -0.15) is 5.26 Å². The molecule has 8 nitrogen and oxygen atoms in total. The number of nitrogens with one attached hydrogen (secondary N) is 1. The summed E-state index contributed by atoms with van der Waals surface area (Å²) in [4.78, 5) is 11.4. The Bertz CT molecular complexity index is 1170. The molecule has 138 valence electrons. The minimum atomic E-state index is -0.0694. The van der Waals surface area contributed by atoms with Crippen LogP contribution in [0.15, 0.2) is 59.7 Å². The van der Waals surface area contributed by atoms with Gasteiger partial charge in [-0.15, -0.1) is 10.2 Å². The number of benzene rings is 1. The summed E-state index contributed by atoms with van der Waals surface area (Å²) in [5.41, 5.74) is 2.55. The normalized spacial score (nSPS) is 12.0. The number of aliphatic hydroxyl groups is 1. The lowest BCUT2D eigenvalue weighted by molar-refractivity contribution is 0.420. The van der Waals surface area contributed by atoms with Crippen LogP contribution in [0.5, 0.6) is 0 Å². The molecule has 0 saturated heterocycles. The van der Waals surface area contributed by atoms with Gasteiger partial charge in [0.25, 0.3) is 0 Å². The predicted molar refractivity (Wildman–Crippen MR) is 106 cm³/mol. The van der Waals surface area contributed by atoms with E-state index in [-0.39, 0.29) is 17.1 Å². The summed E-state index contributed by atoms with van der Waals surface area (Å²) in [6.45, 7) is 0. The van der Waals surface area contributed by atoms with Crippen LogP contribution in [0.1, 0.15) is 5.82 Å². The van der Waals surface area contributed by atoms with Crippen LogP contribution in [-0.4, -0.2) is 40.6 Å². The van der Waals surface area contributed by atoms with Gasteiger partial charge in [-0.1, -0.05) is 23.9 Å². The summed E-state index contributed by atoms with van der Waals surface area (Å²) in [7, 11) is 1.85. The highest BCUT2D eigenvalue weighted by atomic mass is 32.2. The molecule has 9 heteroatoms. The summed E-state index contributed by atoms with van der Waals surface area (Å²) in [5, 5.41) is 29.0. The number of thioether (sulfide) groups is 1. The third-order valence-electron chi connectivity index (χ3n) is 4.14. The van der Waals surface area contributed by atoms with E-state index in [0.29, 0.717) is 16.8 Å². The van der Waals surface area contributed by atoms with Crippen molar-refractivity contribution < 1.29 is 5.11 Å². The van der Waals surface area contributed by atoms with Gasteiger partial charge in [-0.25, -0.2) is 4.98 Å². The van der Waals surface area contributed by atoms with E-state index in [1.807, 2.05) is 54.1 Å². The van der Waals surface area contributed by atoms with Gasteiger partial charge in [-0.3, -0.25) is 4.98 Å². The van der Waals surface area contributed by atoms with Crippen molar-refractivity contribution in [3.05, 3.63) is 60.4 Å². The molecule has 0 radical (unpaired) electrons. The minimum absolute atomic E-state index is 0.0694. The Morgan fingerprint density at radius 1 is 1.21 bits per heavy atom. The average Bonchev–Trinajstić information content (AvgIpc) is 3.31. The fourth-order valence-electron chi connectivity index (χ4n) is 2.72. The number of aliphatic hydroxyl groups excluding tert-OH is 1. The highest BCUT2D eigenvalue weighted by molar-refractivity contribution is 7.99. The van der Waals surface area contributed by atoms with E-state index in [1.165, 1.54) is 11.8 Å². The van der Waals surface area contributed by atoms with Crippen molar-refractivity contribution in [1.82, 2.24) is 29.7 Å². The first-order chi connectivity index (χ1) is 13.7. The second-order valence-corrected chi connectivity index (χ2v) is 6.87. The number of aromatic nitrogens is 6. The highest BCUT2D eigenvalue weighted by Gasteiger charge is 2.16. The standard InChI is InChI=1S/C19H15N7OS/c1-26-18(12-6-8-21-9-7-12)24-25-19(26)28-11-16(27)13(10-20)17-22-14-4-2-3-5-15(14)23-17/h2-9,27H,11H2,1H3,(H,22,23)/b16-13+. The smallest absolute Gasteiger partial charge is 0.191 e. The van der Waals surface area contributed by atoms with Crippen molar-refractivity contribution in [3.8, 4) is 17.5 Å². The van der Waals surface area contributed by atoms with E-state index in [2.05, 4.69) is 25.1 Å². The zero-order valence-corrected chi connectivity index (χ0v) is 15.7. The van der Waals surface area contributed by atoms with Crippen LogP contribution < -0.4 is 0 Å². The van der Waals surface area contributed by atoms with Gasteiger partial charge in [0.15, 0.2) is 16.8 Å². The Morgan fingerprint density at radius 2 is 2.00 bits per heavy atom. The van der Waals surface area contributed by atoms with Gasteiger partial charge < -0.3 is 14.7 Å². The van der Waals surface area contributed by atoms with Crippen LogP contribution in [-0.2, 0) is 7.05 Å². The maximum atomic E-state index is 10.5. The van der Waals surface area contributed by atoms with Crippen molar-refractivity contribution in [2.45, 2.75) is 5.16 Å². The van der Waals surface area contributed by atoms with Crippen molar-refractivity contribution in [1.29, 1.82) is 5.26 Å². The fraction of sp³-hybridized carbons (Fsp3) is 0.105. The molecule has 28 heavy (non-hydrogen) atoms. The first kappa shape index (κ1) is 17.8. The Kier molecular flexibility index (Phi) is 4.78. The summed E-state index contributed by atoms with van der Waals surface area (Å²) in [5.74, 6) is 1.14. The molecule has 2 N–H and O–H groups in total. The molecule has 4 aromatic rings. The third-order valence-corrected chi connectivity index (χ3v) is 5.17. The summed E-state index contributed by atoms with van der Waals surface area (Å²) < 4.78 is 1.83. The summed E-state index contributed by atoms with van der Waals surface area (Å²) in [6, 6.07) is 13.2. The van der Waals surface area contributed by atoms with E-state index in [9.17, 15) is 10.4 Å². The number of hydrogen-bond donors (Lipinski definition) is 2. The number of rotatable bonds is 5. The lowest BCUT2D eigenvalue weighted by Gasteiger charge is -2.04. The van der Waals surface area contributed by atoms with Crippen LogP contribution in [0, 0.1) is 11.3 Å². The maximum Gasteiger partial charge on any atom is 0.191 e. The molecule has 0 unspecified atom stereocenters. The lowest BCUT2D eigenvalue weighted by atomic mass is 10.2. The third kappa shape index (κ3) is 3.33. The Labute approximate surface area is 164 Å². The van der Waals surface area contributed by atoms with Crippen LogP contribution in [0.4, 0.5) is 0 Å². The average molecular weight is 389 g/mol. The number of imidazole rings is 1. The molecule has 0 aliphatic heterocycles. The molecule has 0 fully saturated rings. The zero-order valence-electron chi connectivity index (χ0n) is 14.9. The van der Waals surface area contributed by atoms with Crippen molar-refractivity contribution in [2.75, 3.05) is 5.75 Å². The number of hydrogen-bond acceptors (Lipinski definition) is 7. The quantitative estimate of drug-likeness (QED) is 0.305. The molecule has 0 bridgehead atoms. The Morgan fingerprint density at radius 3 is 2.75 bits per heavy atom. The number of pyridine rings is 1. The molecular formula is C19H15N7OS. The largest absolute Gasteiger partial charge is 0.510 e. The predicted octanol–water partition coefficient (Wildman–Crippen LogP) is 3.34. The van der Waals surface area contributed by atoms with E-state index >= 15 is 0 Å². The Balaban J connectivity index is 1.57. The molecule has 0 atom stereocenters. The van der Waals surface area contributed by atoms with Gasteiger partial charge in [0.2, 0.25) is 0 Å². The highest BCUT2D eigenvalue weighted by Crippen LogP contribution is 2.26. The molecule has 3 aromatic heterocycles. The SMILES string of the molecule is Cn1c(SC/C(O)=C(/C#N)c2nc3ccccc3[nH]2)nnc1-c1ccncc1. The second-order valence-electron chi connectivity index (χ2n) is 5.93. The zero-order chi connectivity index (χ0) is 19.5. The molecule has 3 heterocycles. The van der Waals surface area contributed by atoms with Gasteiger partial charge >= 0.3 is 0 Å².